The smallest absolute Gasteiger partial charge is 0.317 e. The minimum Gasteiger partial charge on any atom is -0.416 e. The first-order valence-corrected chi connectivity index (χ1v) is 25.7. The molecule has 1 rings (SSSR count). The molecule has 1 aliphatic heterocycles. The first-order valence-electron chi connectivity index (χ1n) is 14.7. The molecule has 1 fully saturated rings. The quantitative estimate of drug-likeness (QED) is 0.126. The van der Waals surface area contributed by atoms with Crippen LogP contribution in [-0.4, -0.2) is 34.2 Å². The molecule has 1 aliphatic rings. The topological polar surface area (TPSA) is 36.9 Å². The van der Waals surface area contributed by atoms with Crippen LogP contribution in [-0.2, 0) is 16.5 Å². The monoisotopic (exact) mass is 548 g/mol. The van der Waals surface area contributed by atoms with Gasteiger partial charge in [-0.05, 0) is 51.9 Å². The van der Waals surface area contributed by atoms with Gasteiger partial charge in [0, 0.05) is 0 Å². The van der Waals surface area contributed by atoms with Crippen LogP contribution in [0.3, 0.4) is 0 Å². The fourth-order valence-corrected chi connectivity index (χ4v) is 27.2. The molecule has 0 N–H and O–H groups in total. The van der Waals surface area contributed by atoms with Gasteiger partial charge in [-0.2, -0.15) is 0 Å². The van der Waals surface area contributed by atoms with Gasteiger partial charge in [-0.3, -0.25) is 0 Å². The van der Waals surface area contributed by atoms with Crippen LogP contribution < -0.4 is 0 Å². The average Bonchev–Trinajstić information content (AvgIpc) is 2.66. The van der Waals surface area contributed by atoms with Gasteiger partial charge in [0.2, 0.25) is 0 Å². The second-order valence-electron chi connectivity index (χ2n) is 12.1. The first kappa shape index (κ1) is 32.7. The summed E-state index contributed by atoms with van der Waals surface area (Å²) in [5, 5.41) is 0. The largest absolute Gasteiger partial charge is 0.416 e. The maximum absolute atomic E-state index is 6.69. The number of unbranched alkanes of at least 4 members (excludes halogenated alkanes) is 16. The molecular weight excluding hydrogens is 489 g/mol. The summed E-state index contributed by atoms with van der Waals surface area (Å²) in [4.78, 5) is 0. The average molecular weight is 549 g/mol. The van der Waals surface area contributed by atoms with Gasteiger partial charge in [0.1, 0.15) is 0 Å². The van der Waals surface area contributed by atoms with E-state index in [1.807, 2.05) is 0 Å². The molecule has 34 heavy (non-hydrogen) atoms. The summed E-state index contributed by atoms with van der Waals surface area (Å²) in [5.41, 5.74) is 0. The van der Waals surface area contributed by atoms with Gasteiger partial charge in [0.25, 0.3) is 0 Å². The first-order chi connectivity index (χ1) is 15.9. The van der Waals surface area contributed by atoms with Crippen LogP contribution in [0.5, 0.6) is 0 Å². The molecule has 204 valence electrons. The van der Waals surface area contributed by atoms with Crippen LogP contribution in [0.2, 0.25) is 51.9 Å². The Morgan fingerprint density at radius 2 is 0.618 bits per heavy atom. The highest BCUT2D eigenvalue weighted by Gasteiger charge is 2.52. The SMILES string of the molecule is CCCCCCCCCCCCCCCCCCC[Si]1(C)O[Si](C)(C)O[Si](C)(C)O[Si](C)(C)O1. The zero-order chi connectivity index (χ0) is 25.6. The molecule has 8 heteroatoms. The van der Waals surface area contributed by atoms with Crippen LogP contribution in [0, 0.1) is 0 Å². The Hall–Kier alpha value is 0.708. The van der Waals surface area contributed by atoms with E-state index in [0.29, 0.717) is 0 Å². The van der Waals surface area contributed by atoms with Crippen molar-refractivity contribution in [3.63, 3.8) is 0 Å². The molecule has 0 unspecified atom stereocenters. The van der Waals surface area contributed by atoms with Gasteiger partial charge in [-0.1, -0.05) is 116 Å². The molecule has 0 spiro atoms. The molecular formula is C26H60O4Si4. The normalized spacial score (nSPS) is 21.2. The van der Waals surface area contributed by atoms with Crippen molar-refractivity contribution in [1.82, 2.24) is 0 Å². The van der Waals surface area contributed by atoms with Crippen LogP contribution in [0.1, 0.15) is 116 Å². The van der Waals surface area contributed by atoms with Crippen molar-refractivity contribution in [1.29, 1.82) is 0 Å². The Bertz CT molecular complexity index is 507. The van der Waals surface area contributed by atoms with Gasteiger partial charge in [-0.15, -0.1) is 0 Å². The summed E-state index contributed by atoms with van der Waals surface area (Å²) in [5.74, 6) is 0. The highest BCUT2D eigenvalue weighted by molar-refractivity contribution is 6.93. The fourth-order valence-electron chi connectivity index (χ4n) is 5.58. The molecule has 0 bridgehead atoms. The van der Waals surface area contributed by atoms with E-state index in [2.05, 4.69) is 52.8 Å². The van der Waals surface area contributed by atoms with Crippen LogP contribution in [0.15, 0.2) is 0 Å². The second kappa shape index (κ2) is 16.5. The minimum absolute atomic E-state index is 1.06. The molecule has 1 saturated heterocycles. The third-order valence-corrected chi connectivity index (χ3v) is 23.2. The summed E-state index contributed by atoms with van der Waals surface area (Å²) in [7, 11) is -8.90. The summed E-state index contributed by atoms with van der Waals surface area (Å²) < 4.78 is 26.3. The Morgan fingerprint density at radius 3 is 0.941 bits per heavy atom. The fraction of sp³-hybridized carbons (Fsp3) is 1.00. The van der Waals surface area contributed by atoms with Crippen LogP contribution >= 0.6 is 0 Å². The molecule has 4 nitrogen and oxygen atoms in total. The van der Waals surface area contributed by atoms with Crippen molar-refractivity contribution in [2.45, 2.75) is 168 Å². The minimum atomic E-state index is -2.27. The van der Waals surface area contributed by atoms with Crippen molar-refractivity contribution in [2.24, 2.45) is 0 Å². The lowest BCUT2D eigenvalue weighted by Gasteiger charge is -2.47. The van der Waals surface area contributed by atoms with E-state index >= 15 is 0 Å². The summed E-state index contributed by atoms with van der Waals surface area (Å²) in [6.45, 7) is 17.4. The van der Waals surface area contributed by atoms with Crippen molar-refractivity contribution >= 4 is 34.2 Å². The number of hydrogen-bond donors (Lipinski definition) is 0. The Balaban J connectivity index is 2.08. The summed E-state index contributed by atoms with van der Waals surface area (Å²) in [6, 6.07) is 1.06. The van der Waals surface area contributed by atoms with E-state index < -0.39 is 34.2 Å². The van der Waals surface area contributed by atoms with E-state index in [1.54, 1.807) is 0 Å². The molecule has 0 aromatic carbocycles. The Morgan fingerprint density at radius 1 is 0.353 bits per heavy atom. The van der Waals surface area contributed by atoms with Crippen LogP contribution in [0.25, 0.3) is 0 Å². The van der Waals surface area contributed by atoms with E-state index in [-0.39, 0.29) is 0 Å². The lowest BCUT2D eigenvalue weighted by Crippen LogP contribution is -2.64. The standard InChI is InChI=1S/C26H60O4Si4/c1-9-10-11-12-13-14-15-16-17-18-19-20-21-22-23-24-25-26-34(8)29-32(4,5)27-31(2,3)28-33(6,7)30-34/h9-26H2,1-8H3. The van der Waals surface area contributed by atoms with Crippen molar-refractivity contribution in [3.8, 4) is 0 Å². The van der Waals surface area contributed by atoms with Crippen molar-refractivity contribution < 1.29 is 16.5 Å². The molecule has 0 amide bonds. The highest BCUT2D eigenvalue weighted by atomic mass is 28.5. The van der Waals surface area contributed by atoms with Gasteiger partial charge in [-0.25, -0.2) is 0 Å². The third-order valence-electron chi connectivity index (χ3n) is 6.64. The molecule has 0 atom stereocenters. The molecule has 1 heterocycles. The van der Waals surface area contributed by atoms with Crippen LogP contribution in [0.4, 0.5) is 0 Å². The predicted molar refractivity (Wildman–Crippen MR) is 157 cm³/mol. The summed E-state index contributed by atoms with van der Waals surface area (Å²) >= 11 is 0. The lowest BCUT2D eigenvalue weighted by molar-refractivity contribution is 0.233. The highest BCUT2D eigenvalue weighted by Crippen LogP contribution is 2.33. The van der Waals surface area contributed by atoms with Gasteiger partial charge in [0.15, 0.2) is 0 Å². The lowest BCUT2D eigenvalue weighted by atomic mass is 10.0. The predicted octanol–water partition coefficient (Wildman–Crippen LogP) is 9.90. The summed E-state index contributed by atoms with van der Waals surface area (Å²) in [6.07, 6.45) is 23.9. The molecule has 0 aromatic rings. The zero-order valence-corrected chi connectivity index (χ0v) is 28.4. The van der Waals surface area contributed by atoms with Crippen molar-refractivity contribution in [3.05, 3.63) is 0 Å². The van der Waals surface area contributed by atoms with Crippen molar-refractivity contribution in [2.75, 3.05) is 0 Å². The van der Waals surface area contributed by atoms with E-state index in [0.717, 1.165) is 6.04 Å². The number of rotatable bonds is 18. The third kappa shape index (κ3) is 16.5. The van der Waals surface area contributed by atoms with Gasteiger partial charge in [0.05, 0.1) is 0 Å². The van der Waals surface area contributed by atoms with E-state index in [4.69, 9.17) is 16.5 Å². The second-order valence-corrected chi connectivity index (χ2v) is 26.6. The maximum atomic E-state index is 6.69. The maximum Gasteiger partial charge on any atom is 0.317 e. The molecule has 0 radical (unpaired) electrons. The zero-order valence-electron chi connectivity index (χ0n) is 24.4. The Labute approximate surface area is 218 Å². The van der Waals surface area contributed by atoms with E-state index in [1.165, 1.54) is 109 Å². The Kier molecular flexibility index (Phi) is 15.9. The molecule has 0 saturated carbocycles. The number of hydrogen-bond acceptors (Lipinski definition) is 4. The van der Waals surface area contributed by atoms with Gasteiger partial charge < -0.3 is 16.5 Å². The molecule has 0 aromatic heterocycles. The van der Waals surface area contributed by atoms with Gasteiger partial charge >= 0.3 is 34.2 Å². The van der Waals surface area contributed by atoms with E-state index in [9.17, 15) is 0 Å². The molecule has 0 aliphatic carbocycles.